The summed E-state index contributed by atoms with van der Waals surface area (Å²) in [6, 6.07) is 18.9. The largest absolute Gasteiger partial charge is 0.363 e. The summed E-state index contributed by atoms with van der Waals surface area (Å²) in [5.74, 6) is 0. The van der Waals surface area contributed by atoms with Crippen LogP contribution in [0.4, 0.5) is 22.7 Å². The molecule has 1 fully saturated rings. The Balaban J connectivity index is 1.36. The Morgan fingerprint density at radius 1 is 0.860 bits per heavy atom. The van der Waals surface area contributed by atoms with Crippen molar-refractivity contribution in [1.82, 2.24) is 14.3 Å². The van der Waals surface area contributed by atoms with E-state index >= 15 is 0 Å². The third kappa shape index (κ3) is 5.85. The molecule has 1 aromatic heterocycles. The van der Waals surface area contributed by atoms with E-state index in [-0.39, 0.29) is 27.6 Å². The van der Waals surface area contributed by atoms with Crippen LogP contribution in [0.15, 0.2) is 82.5 Å². The Bertz CT molecular complexity index is 1860. The monoisotopic (exact) mass is 607 g/mol. The number of nitro benzene ring substituents is 2. The zero-order valence-corrected chi connectivity index (χ0v) is 24.2. The molecule has 1 aliphatic rings. The van der Waals surface area contributed by atoms with Crippen molar-refractivity contribution < 1.29 is 18.3 Å². The quantitative estimate of drug-likeness (QED) is 0.222. The standard InChI is InChI=1S/C28H29N7O7S/c1-20-27(28(36)33(30(20)2)22-9-4-3-5-10-22)29-43(41,42)23-12-13-25(26(18-23)35(39)40)32-16-14-31(15-17-32)19-21-8-6-7-11-24(21)34(37)38/h3-13,18,29H,14-17,19H2,1-2H3. The van der Waals surface area contributed by atoms with Crippen molar-refractivity contribution in [3.63, 3.8) is 0 Å². The van der Waals surface area contributed by atoms with Crippen molar-refractivity contribution in [1.29, 1.82) is 0 Å². The minimum Gasteiger partial charge on any atom is -0.363 e. The minimum atomic E-state index is -4.36. The summed E-state index contributed by atoms with van der Waals surface area (Å²) in [6.07, 6.45) is 0. The van der Waals surface area contributed by atoms with E-state index in [0.29, 0.717) is 49.7 Å². The van der Waals surface area contributed by atoms with E-state index in [0.717, 1.165) is 6.07 Å². The van der Waals surface area contributed by atoms with Crippen LogP contribution in [-0.2, 0) is 23.6 Å². The molecule has 0 spiro atoms. The fourth-order valence-corrected chi connectivity index (χ4v) is 6.31. The maximum absolute atomic E-state index is 13.4. The molecule has 0 radical (unpaired) electrons. The SMILES string of the molecule is Cc1c(NS(=O)(=O)c2ccc(N3CCN(Cc4ccccc4[N+](=O)[O-])CC3)c([N+](=O)[O-])c2)c(=O)n(-c2ccccc2)n1C. The van der Waals surface area contributed by atoms with Crippen molar-refractivity contribution in [2.24, 2.45) is 7.05 Å². The van der Waals surface area contributed by atoms with Crippen LogP contribution in [-0.4, -0.2) is 58.7 Å². The minimum absolute atomic E-state index is 0.0376. The van der Waals surface area contributed by atoms with Gasteiger partial charge in [0.15, 0.2) is 0 Å². The number of nitrogens with one attached hydrogen (secondary N) is 1. The summed E-state index contributed by atoms with van der Waals surface area (Å²) in [7, 11) is -2.74. The second-order valence-corrected chi connectivity index (χ2v) is 11.8. The summed E-state index contributed by atoms with van der Waals surface area (Å²) < 4.78 is 31.9. The Labute approximate surface area is 246 Å². The van der Waals surface area contributed by atoms with Gasteiger partial charge in [0.05, 0.1) is 26.1 Å². The van der Waals surface area contributed by atoms with Crippen molar-refractivity contribution in [2.75, 3.05) is 35.8 Å². The lowest BCUT2D eigenvalue weighted by atomic mass is 10.1. The van der Waals surface area contributed by atoms with E-state index in [1.54, 1.807) is 67.4 Å². The number of nitro groups is 2. The lowest BCUT2D eigenvalue weighted by Crippen LogP contribution is -2.46. The number of benzene rings is 3. The number of hydrogen-bond donors (Lipinski definition) is 1. The molecule has 224 valence electrons. The Kier molecular flexibility index (Phi) is 8.02. The van der Waals surface area contributed by atoms with Gasteiger partial charge in [0.1, 0.15) is 11.4 Å². The summed E-state index contributed by atoms with van der Waals surface area (Å²) in [4.78, 5) is 39.0. The van der Waals surface area contributed by atoms with E-state index in [2.05, 4.69) is 4.72 Å². The second kappa shape index (κ2) is 11.7. The van der Waals surface area contributed by atoms with Crippen LogP contribution >= 0.6 is 0 Å². The highest BCUT2D eigenvalue weighted by Crippen LogP contribution is 2.33. The van der Waals surface area contributed by atoms with Crippen molar-refractivity contribution in [2.45, 2.75) is 18.4 Å². The van der Waals surface area contributed by atoms with E-state index in [1.807, 2.05) is 4.90 Å². The topological polar surface area (TPSA) is 166 Å². The second-order valence-electron chi connectivity index (χ2n) is 10.1. The Hall–Kier alpha value is -5.02. The molecule has 1 saturated heterocycles. The number of hydrogen-bond acceptors (Lipinski definition) is 9. The van der Waals surface area contributed by atoms with Gasteiger partial charge >= 0.3 is 0 Å². The zero-order valence-electron chi connectivity index (χ0n) is 23.4. The Morgan fingerprint density at radius 2 is 1.49 bits per heavy atom. The van der Waals surface area contributed by atoms with Gasteiger partial charge in [0.25, 0.3) is 27.0 Å². The number of rotatable bonds is 9. The van der Waals surface area contributed by atoms with E-state index in [1.165, 1.54) is 27.6 Å². The molecule has 0 unspecified atom stereocenters. The van der Waals surface area contributed by atoms with Gasteiger partial charge in [0, 0.05) is 57.5 Å². The lowest BCUT2D eigenvalue weighted by molar-refractivity contribution is -0.385. The average Bonchev–Trinajstić information content (AvgIpc) is 3.20. The van der Waals surface area contributed by atoms with Gasteiger partial charge < -0.3 is 4.90 Å². The van der Waals surface area contributed by atoms with Crippen molar-refractivity contribution in [3.8, 4) is 5.69 Å². The predicted octanol–water partition coefficient (Wildman–Crippen LogP) is 3.42. The van der Waals surface area contributed by atoms with Gasteiger partial charge in [-0.3, -0.25) is 39.3 Å². The number of aromatic nitrogens is 2. The highest BCUT2D eigenvalue weighted by molar-refractivity contribution is 7.92. The van der Waals surface area contributed by atoms with Crippen LogP contribution in [0.2, 0.25) is 0 Å². The number of anilines is 2. The number of nitrogens with zero attached hydrogens (tertiary/aromatic N) is 6. The van der Waals surface area contributed by atoms with Crippen LogP contribution in [0.1, 0.15) is 11.3 Å². The van der Waals surface area contributed by atoms with Crippen molar-refractivity contribution in [3.05, 3.63) is 115 Å². The van der Waals surface area contributed by atoms with Gasteiger partial charge in [-0.1, -0.05) is 36.4 Å². The summed E-state index contributed by atoms with van der Waals surface area (Å²) in [6.45, 7) is 3.74. The predicted molar refractivity (Wildman–Crippen MR) is 160 cm³/mol. The zero-order chi connectivity index (χ0) is 30.9. The molecule has 0 aliphatic carbocycles. The van der Waals surface area contributed by atoms with Crippen LogP contribution in [0.3, 0.4) is 0 Å². The van der Waals surface area contributed by atoms with Crippen LogP contribution in [0, 0.1) is 27.2 Å². The molecule has 15 heteroatoms. The van der Waals surface area contributed by atoms with Gasteiger partial charge in [-0.05, 0) is 31.2 Å². The average molecular weight is 608 g/mol. The highest BCUT2D eigenvalue weighted by Gasteiger charge is 2.29. The molecule has 1 N–H and O–H groups in total. The molecule has 0 saturated carbocycles. The molecule has 0 atom stereocenters. The molecular formula is C28H29N7O7S. The third-order valence-electron chi connectivity index (χ3n) is 7.54. The molecule has 14 nitrogen and oxygen atoms in total. The first-order valence-electron chi connectivity index (χ1n) is 13.3. The fourth-order valence-electron chi connectivity index (χ4n) is 5.17. The lowest BCUT2D eigenvalue weighted by Gasteiger charge is -2.35. The van der Waals surface area contributed by atoms with Gasteiger partial charge in [-0.2, -0.15) is 0 Å². The smallest absolute Gasteiger partial charge is 0.296 e. The van der Waals surface area contributed by atoms with E-state index in [4.69, 9.17) is 0 Å². The number of para-hydroxylation sites is 2. The normalized spacial score (nSPS) is 14.0. The molecule has 2 heterocycles. The van der Waals surface area contributed by atoms with Crippen molar-refractivity contribution >= 4 is 32.8 Å². The summed E-state index contributed by atoms with van der Waals surface area (Å²) in [5.41, 5.74) is 0.660. The van der Waals surface area contributed by atoms with E-state index in [9.17, 15) is 33.4 Å². The van der Waals surface area contributed by atoms with Crippen LogP contribution in [0.5, 0.6) is 0 Å². The Morgan fingerprint density at radius 3 is 2.14 bits per heavy atom. The molecule has 4 aromatic rings. The summed E-state index contributed by atoms with van der Waals surface area (Å²) >= 11 is 0. The fraction of sp³-hybridized carbons (Fsp3) is 0.250. The molecule has 5 rings (SSSR count). The van der Waals surface area contributed by atoms with Gasteiger partial charge in [-0.25, -0.2) is 13.1 Å². The highest BCUT2D eigenvalue weighted by atomic mass is 32.2. The first-order chi connectivity index (χ1) is 20.5. The summed E-state index contributed by atoms with van der Waals surface area (Å²) in [5, 5.41) is 23.4. The molecule has 0 amide bonds. The number of sulfonamides is 1. The molecule has 1 aliphatic heterocycles. The maximum Gasteiger partial charge on any atom is 0.296 e. The maximum atomic E-state index is 13.4. The molecular weight excluding hydrogens is 578 g/mol. The van der Waals surface area contributed by atoms with Crippen LogP contribution in [0.25, 0.3) is 5.69 Å². The van der Waals surface area contributed by atoms with Crippen LogP contribution < -0.4 is 15.2 Å². The number of piperazine rings is 1. The van der Waals surface area contributed by atoms with Gasteiger partial charge in [0.2, 0.25) is 0 Å². The first kappa shape index (κ1) is 29.5. The molecule has 0 bridgehead atoms. The molecule has 3 aromatic carbocycles. The van der Waals surface area contributed by atoms with Gasteiger partial charge in [-0.15, -0.1) is 0 Å². The molecule has 43 heavy (non-hydrogen) atoms. The van der Waals surface area contributed by atoms with E-state index < -0.39 is 25.4 Å². The third-order valence-corrected chi connectivity index (χ3v) is 8.89. The first-order valence-corrected chi connectivity index (χ1v) is 14.8.